The molecule has 1 saturated heterocycles. The zero-order chi connectivity index (χ0) is 22.5. The molecule has 31 heavy (non-hydrogen) atoms. The number of nitrogens with zero attached hydrogens (tertiary/aromatic N) is 3. The van der Waals surface area contributed by atoms with Gasteiger partial charge >= 0.3 is 5.69 Å². The molecule has 0 N–H and O–H groups in total. The first-order valence-corrected chi connectivity index (χ1v) is 9.57. The highest BCUT2D eigenvalue weighted by atomic mass is 32.2. The standard InChI is InChI=1S/C19H15N3O8S/c1-29-9-8-20-18(23)17(31-19(20)24)10-12-4-2-3-5-15(12)30-16-7-6-13(21(25)26)11-14(16)22(27)28/h2-7,10-11H,8-9H2,1H3/b17-10+. The number of nitro benzene ring substituents is 2. The van der Waals surface area contributed by atoms with Crippen LogP contribution < -0.4 is 4.74 Å². The largest absolute Gasteiger partial charge is 0.449 e. The van der Waals surface area contributed by atoms with E-state index >= 15 is 0 Å². The van der Waals surface area contributed by atoms with E-state index in [2.05, 4.69) is 0 Å². The highest BCUT2D eigenvalue weighted by molar-refractivity contribution is 8.18. The molecule has 0 unspecified atom stereocenters. The minimum Gasteiger partial charge on any atom is -0.449 e. The summed E-state index contributed by atoms with van der Waals surface area (Å²) in [5.41, 5.74) is -0.631. The topological polar surface area (TPSA) is 142 Å². The van der Waals surface area contributed by atoms with Crippen LogP contribution in [0.5, 0.6) is 11.5 Å². The van der Waals surface area contributed by atoms with Gasteiger partial charge in [0, 0.05) is 18.7 Å². The summed E-state index contributed by atoms with van der Waals surface area (Å²) in [5, 5.41) is 21.8. The van der Waals surface area contributed by atoms with E-state index in [0.717, 1.165) is 34.9 Å². The monoisotopic (exact) mass is 445 g/mol. The Balaban J connectivity index is 1.93. The average molecular weight is 445 g/mol. The number of imide groups is 1. The van der Waals surface area contributed by atoms with Gasteiger partial charge < -0.3 is 9.47 Å². The minimum atomic E-state index is -0.786. The third kappa shape index (κ3) is 4.87. The summed E-state index contributed by atoms with van der Waals surface area (Å²) in [5.74, 6) is -0.518. The number of amides is 2. The fourth-order valence-electron chi connectivity index (χ4n) is 2.68. The second-order valence-corrected chi connectivity index (χ2v) is 7.13. The fraction of sp³-hybridized carbons (Fsp3) is 0.158. The van der Waals surface area contributed by atoms with Crippen LogP contribution in [0.1, 0.15) is 5.56 Å². The van der Waals surface area contributed by atoms with Crippen LogP contribution in [0.4, 0.5) is 16.2 Å². The number of ether oxygens (including phenoxy) is 2. The van der Waals surface area contributed by atoms with E-state index in [9.17, 15) is 29.8 Å². The first kappa shape index (κ1) is 21.9. The summed E-state index contributed by atoms with van der Waals surface area (Å²) in [4.78, 5) is 46.5. The van der Waals surface area contributed by atoms with Crippen molar-refractivity contribution in [2.75, 3.05) is 20.3 Å². The van der Waals surface area contributed by atoms with Crippen molar-refractivity contribution in [3.63, 3.8) is 0 Å². The maximum absolute atomic E-state index is 12.5. The Hall–Kier alpha value is -3.77. The number of rotatable bonds is 8. The van der Waals surface area contributed by atoms with Crippen molar-refractivity contribution in [2.45, 2.75) is 0 Å². The number of para-hydroxylation sites is 1. The molecule has 1 fully saturated rings. The second kappa shape index (κ2) is 9.36. The van der Waals surface area contributed by atoms with Crippen molar-refractivity contribution in [2.24, 2.45) is 0 Å². The number of hydrogen-bond acceptors (Lipinski definition) is 9. The normalized spacial score (nSPS) is 14.9. The number of non-ortho nitro benzene ring substituents is 1. The van der Waals surface area contributed by atoms with Gasteiger partial charge in [-0.1, -0.05) is 18.2 Å². The summed E-state index contributed by atoms with van der Waals surface area (Å²) in [6.45, 7) is 0.320. The zero-order valence-corrected chi connectivity index (χ0v) is 16.9. The van der Waals surface area contributed by atoms with Crippen molar-refractivity contribution < 1.29 is 28.9 Å². The first-order chi connectivity index (χ1) is 14.8. The summed E-state index contributed by atoms with van der Waals surface area (Å²) in [6, 6.07) is 9.44. The number of nitro groups is 2. The van der Waals surface area contributed by atoms with Gasteiger partial charge in [0.1, 0.15) is 5.75 Å². The molecule has 2 aromatic rings. The lowest BCUT2D eigenvalue weighted by Gasteiger charge is -2.11. The van der Waals surface area contributed by atoms with Crippen LogP contribution in [0.2, 0.25) is 0 Å². The lowest BCUT2D eigenvalue weighted by atomic mass is 10.1. The Bertz CT molecular complexity index is 1100. The molecule has 1 aliphatic heterocycles. The van der Waals surface area contributed by atoms with E-state index in [1.165, 1.54) is 19.3 Å². The molecule has 0 atom stereocenters. The maximum Gasteiger partial charge on any atom is 0.318 e. The van der Waals surface area contributed by atoms with Gasteiger partial charge in [0.2, 0.25) is 5.75 Å². The van der Waals surface area contributed by atoms with Crippen molar-refractivity contribution >= 4 is 40.4 Å². The van der Waals surface area contributed by atoms with Crippen LogP contribution in [0.3, 0.4) is 0 Å². The first-order valence-electron chi connectivity index (χ1n) is 8.76. The number of benzene rings is 2. The molecule has 0 radical (unpaired) electrons. The van der Waals surface area contributed by atoms with Crippen molar-refractivity contribution in [1.29, 1.82) is 0 Å². The highest BCUT2D eigenvalue weighted by Gasteiger charge is 2.34. The Morgan fingerprint density at radius 1 is 1.06 bits per heavy atom. The van der Waals surface area contributed by atoms with Crippen LogP contribution in [0.25, 0.3) is 6.08 Å². The van der Waals surface area contributed by atoms with E-state index in [1.54, 1.807) is 18.2 Å². The number of carbonyl (C=O) groups is 2. The quantitative estimate of drug-likeness (QED) is 0.335. The minimum absolute atomic E-state index is 0.117. The molecule has 11 nitrogen and oxygen atoms in total. The number of thioether (sulfide) groups is 1. The molecule has 0 bridgehead atoms. The van der Waals surface area contributed by atoms with Crippen LogP contribution in [0, 0.1) is 20.2 Å². The van der Waals surface area contributed by atoms with Crippen molar-refractivity contribution in [3.05, 3.63) is 73.2 Å². The molecule has 2 amide bonds. The van der Waals surface area contributed by atoms with Gasteiger partial charge in [-0.05, 0) is 30.0 Å². The van der Waals surface area contributed by atoms with Gasteiger partial charge in [-0.2, -0.15) is 0 Å². The fourth-order valence-corrected chi connectivity index (χ4v) is 3.53. The number of hydrogen-bond donors (Lipinski definition) is 0. The molecule has 0 spiro atoms. The molecule has 3 rings (SSSR count). The molecule has 1 aliphatic rings. The third-order valence-corrected chi connectivity index (χ3v) is 5.08. The summed E-state index contributed by atoms with van der Waals surface area (Å²) >= 11 is 0.760. The summed E-state index contributed by atoms with van der Waals surface area (Å²) in [6.07, 6.45) is 1.45. The molecule has 160 valence electrons. The predicted molar refractivity (Wildman–Crippen MR) is 111 cm³/mol. The maximum atomic E-state index is 12.5. The van der Waals surface area contributed by atoms with E-state index in [-0.39, 0.29) is 29.6 Å². The molecular formula is C19H15N3O8S. The Morgan fingerprint density at radius 2 is 1.81 bits per heavy atom. The van der Waals surface area contributed by atoms with E-state index in [1.807, 2.05) is 0 Å². The average Bonchev–Trinajstić information content (AvgIpc) is 3.00. The Labute approximate surface area is 179 Å². The lowest BCUT2D eigenvalue weighted by Crippen LogP contribution is -2.31. The Morgan fingerprint density at radius 3 is 2.48 bits per heavy atom. The van der Waals surface area contributed by atoms with Gasteiger partial charge in [-0.25, -0.2) is 0 Å². The zero-order valence-electron chi connectivity index (χ0n) is 16.0. The van der Waals surface area contributed by atoms with Crippen molar-refractivity contribution in [1.82, 2.24) is 4.90 Å². The van der Waals surface area contributed by atoms with Crippen molar-refractivity contribution in [3.8, 4) is 11.5 Å². The summed E-state index contributed by atoms with van der Waals surface area (Å²) < 4.78 is 10.6. The van der Waals surface area contributed by atoms with Gasteiger partial charge in [0.15, 0.2) is 0 Å². The van der Waals surface area contributed by atoms with Crippen LogP contribution >= 0.6 is 11.8 Å². The second-order valence-electron chi connectivity index (χ2n) is 6.13. The molecule has 2 aromatic carbocycles. The van der Waals surface area contributed by atoms with Gasteiger partial charge in [0.05, 0.1) is 34.0 Å². The predicted octanol–water partition coefficient (Wildman–Crippen LogP) is 3.98. The molecular weight excluding hydrogens is 430 g/mol. The van der Waals surface area contributed by atoms with E-state index in [4.69, 9.17) is 9.47 Å². The lowest BCUT2D eigenvalue weighted by molar-refractivity contribution is -0.394. The molecule has 1 heterocycles. The number of methoxy groups -OCH3 is 1. The SMILES string of the molecule is COCCN1C(=O)S/C(=C/c2ccccc2Oc2ccc([N+](=O)[O-])cc2[N+](=O)[O-])C1=O. The van der Waals surface area contributed by atoms with E-state index < -0.39 is 32.4 Å². The summed E-state index contributed by atoms with van der Waals surface area (Å²) in [7, 11) is 1.46. The smallest absolute Gasteiger partial charge is 0.318 e. The van der Waals surface area contributed by atoms with Gasteiger partial charge in [-0.15, -0.1) is 0 Å². The molecule has 0 aromatic heterocycles. The number of carbonyl (C=O) groups excluding carboxylic acids is 2. The highest BCUT2D eigenvalue weighted by Crippen LogP contribution is 2.38. The van der Waals surface area contributed by atoms with Gasteiger partial charge in [0.25, 0.3) is 16.8 Å². The van der Waals surface area contributed by atoms with Gasteiger partial charge in [-0.3, -0.25) is 34.7 Å². The van der Waals surface area contributed by atoms with Crippen LogP contribution in [0.15, 0.2) is 47.4 Å². The molecule has 0 aliphatic carbocycles. The van der Waals surface area contributed by atoms with Crippen LogP contribution in [-0.4, -0.2) is 46.2 Å². The molecule has 12 heteroatoms. The Kier molecular flexibility index (Phi) is 6.62. The third-order valence-electron chi connectivity index (χ3n) is 4.17. The molecule has 0 saturated carbocycles. The van der Waals surface area contributed by atoms with Crippen LogP contribution in [-0.2, 0) is 9.53 Å². The van der Waals surface area contributed by atoms with E-state index in [0.29, 0.717) is 5.56 Å².